The Morgan fingerprint density at radius 2 is 2.50 bits per heavy atom. The van der Waals surface area contributed by atoms with E-state index in [1.807, 2.05) is 0 Å². The highest BCUT2D eigenvalue weighted by atomic mass is 16.1. The maximum absolute atomic E-state index is 10.0. The number of carbonyl (C=O) groups excluding carboxylic acids is 1. The first-order chi connectivity index (χ1) is 2.89. The van der Waals surface area contributed by atoms with Crippen LogP contribution in [0.2, 0.25) is 0 Å². The normalized spacial score (nSPS) is 17.0. The fraction of sp³-hybridized carbons (Fsp3) is 0. The Morgan fingerprint density at radius 1 is 1.67 bits per heavy atom. The van der Waals surface area contributed by atoms with E-state index in [1.165, 1.54) is 12.2 Å². The van der Waals surface area contributed by atoms with Gasteiger partial charge in [0.25, 0.3) is 0 Å². The fourth-order valence-corrected chi connectivity index (χ4v) is 0.309. The lowest BCUT2D eigenvalue weighted by molar-refractivity contribution is -0.110. The lowest BCUT2D eigenvalue weighted by Crippen LogP contribution is -1.75. The van der Waals surface area contributed by atoms with Gasteiger partial charge in [-0.2, -0.15) is 0 Å². The number of ketones is 1. The molecule has 0 bridgehead atoms. The summed E-state index contributed by atoms with van der Waals surface area (Å²) < 4.78 is 0. The summed E-state index contributed by atoms with van der Waals surface area (Å²) in [6, 6.07) is 0. The van der Waals surface area contributed by atoms with E-state index in [4.69, 9.17) is 0 Å². The highest BCUT2D eigenvalue weighted by Crippen LogP contribution is 1.87. The van der Waals surface area contributed by atoms with Crippen molar-refractivity contribution in [1.82, 2.24) is 0 Å². The van der Waals surface area contributed by atoms with Crippen molar-refractivity contribution in [2.24, 2.45) is 0 Å². The van der Waals surface area contributed by atoms with Gasteiger partial charge >= 0.3 is 0 Å². The molecule has 0 N–H and O–H groups in total. The summed E-state index contributed by atoms with van der Waals surface area (Å²) >= 11 is 0. The van der Waals surface area contributed by atoms with E-state index >= 15 is 0 Å². The second kappa shape index (κ2) is 1.09. The van der Waals surface area contributed by atoms with Crippen molar-refractivity contribution in [1.29, 1.82) is 0 Å². The molecule has 0 heterocycles. The Hall–Kier alpha value is -0.850. The van der Waals surface area contributed by atoms with Crippen molar-refractivity contribution in [3.63, 3.8) is 0 Å². The van der Waals surface area contributed by atoms with Crippen LogP contribution in [0.25, 0.3) is 0 Å². The molecule has 0 saturated heterocycles. The maximum atomic E-state index is 10.0. The average molecular weight is 79.1 g/mol. The molecule has 0 aromatic rings. The molecule has 1 aliphatic carbocycles. The minimum Gasteiger partial charge on any atom is -0.290 e. The van der Waals surface area contributed by atoms with E-state index < -0.39 is 0 Å². The van der Waals surface area contributed by atoms with Crippen molar-refractivity contribution in [2.75, 3.05) is 0 Å². The van der Waals surface area contributed by atoms with E-state index in [0.29, 0.717) is 0 Å². The lowest BCUT2D eigenvalue weighted by Gasteiger charge is -1.61. The standard InChI is InChI=1S/C5H3O/c6-5-3-1-2-4-5/h1,3-4H. The Balaban J connectivity index is 2.86. The zero-order valence-electron chi connectivity index (χ0n) is 3.14. The van der Waals surface area contributed by atoms with Crippen LogP contribution in [0.15, 0.2) is 18.2 Å². The smallest absolute Gasteiger partial charge is 0.179 e. The summed E-state index contributed by atoms with van der Waals surface area (Å²) in [5, 5.41) is 0. The van der Waals surface area contributed by atoms with Gasteiger partial charge in [-0.15, -0.1) is 0 Å². The number of hydrogen-bond acceptors (Lipinski definition) is 1. The summed E-state index contributed by atoms with van der Waals surface area (Å²) in [4.78, 5) is 10.0. The van der Waals surface area contributed by atoms with E-state index in [1.54, 1.807) is 6.08 Å². The van der Waals surface area contributed by atoms with Crippen molar-refractivity contribution >= 4 is 5.78 Å². The van der Waals surface area contributed by atoms with Gasteiger partial charge in [-0.3, -0.25) is 4.79 Å². The molecule has 0 saturated carbocycles. The number of carbonyl (C=O) groups is 1. The zero-order valence-corrected chi connectivity index (χ0v) is 3.14. The largest absolute Gasteiger partial charge is 0.290 e. The molecule has 0 aromatic carbocycles. The van der Waals surface area contributed by atoms with Gasteiger partial charge in [-0.1, -0.05) is 6.08 Å². The minimum atomic E-state index is 0.0370. The summed E-state index contributed by atoms with van der Waals surface area (Å²) in [7, 11) is 0. The van der Waals surface area contributed by atoms with Crippen LogP contribution in [0.3, 0.4) is 0 Å². The Kier molecular flexibility index (Phi) is 0.607. The Morgan fingerprint density at radius 3 is 2.67 bits per heavy atom. The molecule has 0 fully saturated rings. The molecule has 1 nitrogen and oxygen atoms in total. The van der Waals surface area contributed by atoms with E-state index in [2.05, 4.69) is 6.08 Å². The molecule has 0 atom stereocenters. The molecule has 1 aliphatic rings. The summed E-state index contributed by atoms with van der Waals surface area (Å²) in [5.74, 6) is 0.0370. The minimum absolute atomic E-state index is 0.0370. The van der Waals surface area contributed by atoms with Crippen LogP contribution in [-0.4, -0.2) is 5.78 Å². The van der Waals surface area contributed by atoms with Crippen molar-refractivity contribution in [2.45, 2.75) is 0 Å². The van der Waals surface area contributed by atoms with Gasteiger partial charge in [-0.05, 0) is 18.2 Å². The second-order valence-electron chi connectivity index (χ2n) is 1.05. The lowest BCUT2D eigenvalue weighted by atomic mass is 10.5. The van der Waals surface area contributed by atoms with E-state index in [-0.39, 0.29) is 5.78 Å². The van der Waals surface area contributed by atoms with Gasteiger partial charge in [-0.25, -0.2) is 0 Å². The van der Waals surface area contributed by atoms with Crippen molar-refractivity contribution < 1.29 is 4.79 Å². The van der Waals surface area contributed by atoms with Gasteiger partial charge in [0.2, 0.25) is 0 Å². The molecule has 29 valence electrons. The summed E-state index contributed by atoms with van der Waals surface area (Å²) in [6.07, 6.45) is 7.09. The second-order valence-corrected chi connectivity index (χ2v) is 1.05. The fourth-order valence-electron chi connectivity index (χ4n) is 0.309. The van der Waals surface area contributed by atoms with E-state index in [9.17, 15) is 4.79 Å². The first-order valence-corrected chi connectivity index (χ1v) is 1.69. The summed E-state index contributed by atoms with van der Waals surface area (Å²) in [5.41, 5.74) is 0. The molecule has 0 unspecified atom stereocenters. The van der Waals surface area contributed by atoms with Gasteiger partial charge in [0.1, 0.15) is 0 Å². The first-order valence-electron chi connectivity index (χ1n) is 1.69. The molecular formula is C5H3O. The molecule has 1 radical (unpaired) electrons. The van der Waals surface area contributed by atoms with Crippen molar-refractivity contribution in [3.05, 3.63) is 24.3 Å². The highest BCUT2D eigenvalue weighted by molar-refractivity contribution is 6.01. The van der Waals surface area contributed by atoms with Crippen molar-refractivity contribution in [3.8, 4) is 0 Å². The topological polar surface area (TPSA) is 17.1 Å². The van der Waals surface area contributed by atoms with Gasteiger partial charge < -0.3 is 0 Å². The maximum Gasteiger partial charge on any atom is 0.179 e. The van der Waals surface area contributed by atoms with Crippen LogP contribution in [0.4, 0.5) is 0 Å². The molecule has 0 aliphatic heterocycles. The quantitative estimate of drug-likeness (QED) is 0.413. The highest BCUT2D eigenvalue weighted by Gasteiger charge is 1.89. The number of allylic oxidation sites excluding steroid dienone is 4. The molecule has 0 aromatic heterocycles. The number of rotatable bonds is 0. The third kappa shape index (κ3) is 0.385. The monoisotopic (exact) mass is 79.0 g/mol. The Labute approximate surface area is 36.0 Å². The van der Waals surface area contributed by atoms with Crippen LogP contribution in [0, 0.1) is 6.08 Å². The Bertz CT molecular complexity index is 106. The van der Waals surface area contributed by atoms with Crippen LogP contribution in [0.5, 0.6) is 0 Å². The third-order valence-electron chi connectivity index (χ3n) is 0.569. The van der Waals surface area contributed by atoms with E-state index in [0.717, 1.165) is 0 Å². The predicted octanol–water partition coefficient (Wildman–Crippen LogP) is 0.485. The van der Waals surface area contributed by atoms with Crippen LogP contribution >= 0.6 is 0 Å². The van der Waals surface area contributed by atoms with Crippen LogP contribution in [-0.2, 0) is 4.79 Å². The predicted molar refractivity (Wildman–Crippen MR) is 22.0 cm³/mol. The molecule has 1 heteroatoms. The van der Waals surface area contributed by atoms with Crippen LogP contribution in [0.1, 0.15) is 0 Å². The number of hydrogen-bond donors (Lipinski definition) is 0. The van der Waals surface area contributed by atoms with Gasteiger partial charge in [0.05, 0.1) is 0 Å². The third-order valence-corrected chi connectivity index (χ3v) is 0.569. The zero-order chi connectivity index (χ0) is 4.41. The first kappa shape index (κ1) is 3.34. The molecule has 0 spiro atoms. The average Bonchev–Trinajstić information content (AvgIpc) is 1.86. The SMILES string of the molecule is O=C1C=[C]C=C1. The summed E-state index contributed by atoms with van der Waals surface area (Å²) in [6.45, 7) is 0. The molecular weight excluding hydrogens is 76.1 g/mol. The van der Waals surface area contributed by atoms with Crippen LogP contribution < -0.4 is 0 Å². The van der Waals surface area contributed by atoms with Gasteiger partial charge in [0, 0.05) is 0 Å². The molecule has 1 rings (SSSR count). The molecule has 0 amide bonds. The van der Waals surface area contributed by atoms with Gasteiger partial charge in [0.15, 0.2) is 5.78 Å². The molecule has 6 heavy (non-hydrogen) atoms.